The second kappa shape index (κ2) is 4.43. The van der Waals surface area contributed by atoms with Crippen LogP contribution < -0.4 is 5.73 Å². The van der Waals surface area contributed by atoms with Crippen LogP contribution in [0.15, 0.2) is 16.7 Å². The number of amides is 1. The molecule has 2 N–H and O–H groups in total. The quantitative estimate of drug-likeness (QED) is 0.870. The molecule has 98 valence electrons. The number of nitrogens with zero attached hydrogens (tertiary/aromatic N) is 1. The van der Waals surface area contributed by atoms with Crippen LogP contribution in [-0.4, -0.2) is 28.9 Å². The lowest BCUT2D eigenvalue weighted by Crippen LogP contribution is -2.50. The van der Waals surface area contributed by atoms with Crippen molar-refractivity contribution in [2.45, 2.75) is 57.2 Å². The third-order valence-electron chi connectivity index (χ3n) is 4.30. The highest BCUT2D eigenvalue weighted by molar-refractivity contribution is 5.95. The topological polar surface area (TPSA) is 59.5 Å². The van der Waals surface area contributed by atoms with Gasteiger partial charge in [-0.1, -0.05) is 6.92 Å². The molecule has 2 unspecified atom stereocenters. The van der Waals surface area contributed by atoms with Gasteiger partial charge in [0, 0.05) is 24.5 Å². The van der Waals surface area contributed by atoms with E-state index in [-0.39, 0.29) is 11.9 Å². The second-order valence-electron chi connectivity index (χ2n) is 5.44. The average Bonchev–Trinajstić information content (AvgIpc) is 2.92. The first-order chi connectivity index (χ1) is 8.70. The fraction of sp³-hybridized carbons (Fsp3) is 0.643. The summed E-state index contributed by atoms with van der Waals surface area (Å²) in [6.45, 7) is 2.01. The lowest BCUT2D eigenvalue weighted by molar-refractivity contribution is 0.0573. The molecule has 1 aromatic rings. The van der Waals surface area contributed by atoms with Crippen molar-refractivity contribution in [1.82, 2.24) is 4.90 Å². The summed E-state index contributed by atoms with van der Waals surface area (Å²) in [5.41, 5.74) is 6.78. The second-order valence-corrected chi connectivity index (χ2v) is 5.44. The lowest BCUT2D eigenvalue weighted by Gasteiger charge is -2.37. The zero-order valence-corrected chi connectivity index (χ0v) is 10.8. The van der Waals surface area contributed by atoms with E-state index >= 15 is 0 Å². The Labute approximate surface area is 107 Å². The van der Waals surface area contributed by atoms with Crippen molar-refractivity contribution in [3.8, 4) is 0 Å². The standard InChI is InChI=1S/C14H20N2O2/c1-2-13-12(5-6-18-13)14(17)16-10-3-4-11(16)8-9(15)7-10/h5-6,9-11H,2-4,7-8,15H2,1H3. The highest BCUT2D eigenvalue weighted by Gasteiger charge is 2.42. The average molecular weight is 248 g/mol. The number of hydrogen-bond donors (Lipinski definition) is 1. The minimum atomic E-state index is 0.139. The molecule has 1 amide bonds. The Hall–Kier alpha value is -1.29. The predicted molar refractivity (Wildman–Crippen MR) is 68.3 cm³/mol. The molecular weight excluding hydrogens is 228 g/mol. The van der Waals surface area contributed by atoms with Gasteiger partial charge in [0.15, 0.2) is 0 Å². The van der Waals surface area contributed by atoms with E-state index in [2.05, 4.69) is 4.90 Å². The summed E-state index contributed by atoms with van der Waals surface area (Å²) in [5, 5.41) is 0. The van der Waals surface area contributed by atoms with E-state index in [1.54, 1.807) is 12.3 Å². The number of rotatable bonds is 2. The van der Waals surface area contributed by atoms with Crippen molar-refractivity contribution in [1.29, 1.82) is 0 Å². The molecule has 3 rings (SSSR count). The minimum Gasteiger partial charge on any atom is -0.469 e. The van der Waals surface area contributed by atoms with Crippen LogP contribution in [0.5, 0.6) is 0 Å². The van der Waals surface area contributed by atoms with Crippen LogP contribution in [0.3, 0.4) is 0 Å². The van der Waals surface area contributed by atoms with Crippen molar-refractivity contribution < 1.29 is 9.21 Å². The Kier molecular flexibility index (Phi) is 2.90. The molecule has 2 aliphatic rings. The maximum atomic E-state index is 12.6. The van der Waals surface area contributed by atoms with Gasteiger partial charge in [0.2, 0.25) is 0 Å². The summed E-state index contributed by atoms with van der Waals surface area (Å²) in [7, 11) is 0. The number of nitrogens with two attached hydrogens (primary N) is 1. The van der Waals surface area contributed by atoms with Gasteiger partial charge in [0.05, 0.1) is 11.8 Å². The number of carbonyl (C=O) groups is 1. The third kappa shape index (κ3) is 1.75. The van der Waals surface area contributed by atoms with Crippen molar-refractivity contribution >= 4 is 5.91 Å². The predicted octanol–water partition coefficient (Wildman–Crippen LogP) is 1.94. The van der Waals surface area contributed by atoms with Crippen LogP contribution >= 0.6 is 0 Å². The molecule has 18 heavy (non-hydrogen) atoms. The Morgan fingerprint density at radius 2 is 2.11 bits per heavy atom. The number of hydrogen-bond acceptors (Lipinski definition) is 3. The fourth-order valence-electron chi connectivity index (χ4n) is 3.49. The number of aryl methyl sites for hydroxylation is 1. The molecule has 2 aliphatic heterocycles. The van der Waals surface area contributed by atoms with E-state index in [0.29, 0.717) is 12.1 Å². The zero-order valence-electron chi connectivity index (χ0n) is 10.8. The highest BCUT2D eigenvalue weighted by Crippen LogP contribution is 2.36. The largest absolute Gasteiger partial charge is 0.469 e. The molecule has 2 saturated heterocycles. The van der Waals surface area contributed by atoms with E-state index in [1.807, 2.05) is 6.92 Å². The SMILES string of the molecule is CCc1occc1C(=O)N1C2CCC1CC(N)C2. The molecule has 0 aliphatic carbocycles. The maximum Gasteiger partial charge on any atom is 0.257 e. The molecule has 2 fully saturated rings. The first kappa shape index (κ1) is 11.8. The van der Waals surface area contributed by atoms with Crippen LogP contribution in [0.1, 0.15) is 48.7 Å². The van der Waals surface area contributed by atoms with Gasteiger partial charge in [-0.05, 0) is 31.7 Å². The van der Waals surface area contributed by atoms with Gasteiger partial charge in [0.1, 0.15) is 5.76 Å². The van der Waals surface area contributed by atoms with Gasteiger partial charge in [-0.15, -0.1) is 0 Å². The Balaban J connectivity index is 1.85. The molecule has 1 aromatic heterocycles. The zero-order chi connectivity index (χ0) is 12.7. The summed E-state index contributed by atoms with van der Waals surface area (Å²) in [4.78, 5) is 14.7. The van der Waals surface area contributed by atoms with Crippen molar-refractivity contribution in [2.24, 2.45) is 5.73 Å². The molecular formula is C14H20N2O2. The lowest BCUT2D eigenvalue weighted by atomic mass is 9.97. The smallest absolute Gasteiger partial charge is 0.257 e. The van der Waals surface area contributed by atoms with Crippen molar-refractivity contribution in [3.05, 3.63) is 23.7 Å². The van der Waals surface area contributed by atoms with Crippen LogP contribution in [0.4, 0.5) is 0 Å². The van der Waals surface area contributed by atoms with Crippen molar-refractivity contribution in [2.75, 3.05) is 0 Å². The number of fused-ring (bicyclic) bond motifs is 2. The van der Waals surface area contributed by atoms with E-state index in [1.165, 1.54) is 0 Å². The molecule has 4 heteroatoms. The van der Waals surface area contributed by atoms with Gasteiger partial charge < -0.3 is 15.1 Å². The van der Waals surface area contributed by atoms with Gasteiger partial charge >= 0.3 is 0 Å². The van der Waals surface area contributed by atoms with Crippen LogP contribution in [0.2, 0.25) is 0 Å². The summed E-state index contributed by atoms with van der Waals surface area (Å²) in [6, 6.07) is 2.74. The van der Waals surface area contributed by atoms with E-state index in [9.17, 15) is 4.79 Å². The summed E-state index contributed by atoms with van der Waals surface area (Å²) < 4.78 is 5.37. The van der Waals surface area contributed by atoms with Crippen LogP contribution in [-0.2, 0) is 6.42 Å². The molecule has 0 radical (unpaired) electrons. The fourth-order valence-corrected chi connectivity index (χ4v) is 3.49. The van der Waals surface area contributed by atoms with E-state index < -0.39 is 0 Å². The maximum absolute atomic E-state index is 12.6. The molecule has 4 nitrogen and oxygen atoms in total. The third-order valence-corrected chi connectivity index (χ3v) is 4.30. The molecule has 2 atom stereocenters. The van der Waals surface area contributed by atoms with Crippen LogP contribution in [0.25, 0.3) is 0 Å². The van der Waals surface area contributed by atoms with Gasteiger partial charge in [-0.3, -0.25) is 4.79 Å². The number of furan rings is 1. The normalized spacial score (nSPS) is 30.8. The summed E-state index contributed by atoms with van der Waals surface area (Å²) >= 11 is 0. The molecule has 0 saturated carbocycles. The minimum absolute atomic E-state index is 0.139. The number of carbonyl (C=O) groups excluding carboxylic acids is 1. The Morgan fingerprint density at radius 1 is 1.44 bits per heavy atom. The first-order valence-electron chi connectivity index (χ1n) is 6.85. The monoisotopic (exact) mass is 248 g/mol. The molecule has 0 spiro atoms. The summed E-state index contributed by atoms with van der Waals surface area (Å²) in [5.74, 6) is 0.939. The van der Waals surface area contributed by atoms with Crippen molar-refractivity contribution in [3.63, 3.8) is 0 Å². The Bertz CT molecular complexity index is 440. The number of piperidine rings is 1. The summed E-state index contributed by atoms with van der Waals surface area (Å²) in [6.07, 6.45) is 6.47. The van der Waals surface area contributed by atoms with Gasteiger partial charge in [-0.2, -0.15) is 0 Å². The molecule has 3 heterocycles. The van der Waals surface area contributed by atoms with Crippen LogP contribution in [0, 0.1) is 0 Å². The molecule has 2 bridgehead atoms. The highest BCUT2D eigenvalue weighted by atomic mass is 16.3. The first-order valence-corrected chi connectivity index (χ1v) is 6.85. The molecule has 0 aromatic carbocycles. The van der Waals surface area contributed by atoms with Gasteiger partial charge in [0.25, 0.3) is 5.91 Å². The van der Waals surface area contributed by atoms with Gasteiger partial charge in [-0.25, -0.2) is 0 Å². The van der Waals surface area contributed by atoms with E-state index in [0.717, 1.165) is 43.4 Å². The Morgan fingerprint density at radius 3 is 2.72 bits per heavy atom. The van der Waals surface area contributed by atoms with E-state index in [4.69, 9.17) is 10.2 Å².